The molecule has 4 heteroatoms. The van der Waals surface area contributed by atoms with Crippen molar-refractivity contribution in [2.24, 2.45) is 0 Å². The maximum atomic E-state index is 13.4. The van der Waals surface area contributed by atoms with Crippen molar-refractivity contribution in [2.45, 2.75) is 24.2 Å². The highest BCUT2D eigenvalue weighted by Crippen LogP contribution is 2.20. The lowest BCUT2D eigenvalue weighted by Gasteiger charge is -2.29. The van der Waals surface area contributed by atoms with E-state index >= 15 is 0 Å². The highest BCUT2D eigenvalue weighted by molar-refractivity contribution is 9.09. The van der Waals surface area contributed by atoms with Gasteiger partial charge < -0.3 is 0 Å². The predicted octanol–water partition coefficient (Wildman–Crippen LogP) is 3.32. The topological polar surface area (TPSA) is 3.24 Å². The highest BCUT2D eigenvalue weighted by Gasteiger charge is 2.18. The maximum Gasteiger partial charge on any atom is 0.127 e. The molecule has 1 aliphatic heterocycles. The van der Waals surface area contributed by atoms with Crippen molar-refractivity contribution >= 4 is 15.9 Å². The summed E-state index contributed by atoms with van der Waals surface area (Å²) in [4.78, 5) is 2.73. The minimum atomic E-state index is -0.369. The first-order chi connectivity index (χ1) is 7.65. The number of hydrogen-bond donors (Lipinski definition) is 0. The zero-order chi connectivity index (χ0) is 11.5. The van der Waals surface area contributed by atoms with E-state index in [1.807, 2.05) is 0 Å². The molecule has 0 radical (unpaired) electrons. The van der Waals surface area contributed by atoms with Crippen molar-refractivity contribution in [3.05, 3.63) is 35.4 Å². The van der Waals surface area contributed by atoms with Gasteiger partial charge in [-0.2, -0.15) is 0 Å². The Morgan fingerprint density at radius 1 is 1.25 bits per heavy atom. The molecule has 0 aliphatic carbocycles. The van der Waals surface area contributed by atoms with Crippen LogP contribution in [0.25, 0.3) is 0 Å². The van der Waals surface area contributed by atoms with Gasteiger partial charge in [0.25, 0.3) is 0 Å². The minimum absolute atomic E-state index is 0.317. The van der Waals surface area contributed by atoms with E-state index in [9.17, 15) is 8.78 Å². The molecule has 1 aromatic rings. The molecule has 2 rings (SSSR count). The van der Waals surface area contributed by atoms with Crippen molar-refractivity contribution in [3.63, 3.8) is 0 Å². The largest absolute Gasteiger partial charge is 0.299 e. The third kappa shape index (κ3) is 3.01. The number of benzene rings is 1. The molecule has 0 unspecified atom stereocenters. The van der Waals surface area contributed by atoms with Gasteiger partial charge in [0.1, 0.15) is 11.6 Å². The van der Waals surface area contributed by atoms with Crippen molar-refractivity contribution in [3.8, 4) is 0 Å². The van der Waals surface area contributed by atoms with Crippen LogP contribution in [-0.4, -0.2) is 22.8 Å². The minimum Gasteiger partial charge on any atom is -0.299 e. The highest BCUT2D eigenvalue weighted by atomic mass is 79.9. The Morgan fingerprint density at radius 3 is 2.62 bits per heavy atom. The molecule has 0 atom stereocenters. The number of rotatable bonds is 2. The molecule has 0 bridgehead atoms. The van der Waals surface area contributed by atoms with Gasteiger partial charge in [0, 0.05) is 16.9 Å². The molecule has 0 amide bonds. The summed E-state index contributed by atoms with van der Waals surface area (Å²) in [6.45, 7) is 2.38. The van der Waals surface area contributed by atoms with Gasteiger partial charge in [-0.25, -0.2) is 8.78 Å². The molecule has 1 aromatic carbocycles. The van der Waals surface area contributed by atoms with Crippen LogP contribution in [0.1, 0.15) is 18.4 Å². The van der Waals surface area contributed by atoms with Gasteiger partial charge in [0.05, 0.1) is 0 Å². The summed E-state index contributed by atoms with van der Waals surface area (Å²) in [5, 5.41) is 0. The monoisotopic (exact) mass is 289 g/mol. The first kappa shape index (κ1) is 12.0. The van der Waals surface area contributed by atoms with Crippen LogP contribution in [0.4, 0.5) is 8.78 Å². The predicted molar refractivity (Wildman–Crippen MR) is 63.6 cm³/mol. The van der Waals surface area contributed by atoms with Gasteiger partial charge in [-0.15, -0.1) is 0 Å². The van der Waals surface area contributed by atoms with Gasteiger partial charge in [0.15, 0.2) is 0 Å². The molecule has 16 heavy (non-hydrogen) atoms. The second-order valence-electron chi connectivity index (χ2n) is 4.19. The van der Waals surface area contributed by atoms with Gasteiger partial charge in [0.2, 0.25) is 0 Å². The maximum absolute atomic E-state index is 13.4. The average molecular weight is 290 g/mol. The van der Waals surface area contributed by atoms with E-state index in [0.717, 1.165) is 32.0 Å². The molecule has 0 saturated carbocycles. The molecule has 1 heterocycles. The lowest BCUT2D eigenvalue weighted by atomic mass is 10.1. The summed E-state index contributed by atoms with van der Waals surface area (Å²) in [6.07, 6.45) is 2.13. The number of nitrogens with zero attached hydrogens (tertiary/aromatic N) is 1. The lowest BCUT2D eigenvalue weighted by molar-refractivity contribution is 0.223. The van der Waals surface area contributed by atoms with Crippen LogP contribution in [0.15, 0.2) is 18.2 Å². The molecule has 0 spiro atoms. The number of piperidine rings is 1. The second-order valence-corrected chi connectivity index (χ2v) is 5.48. The van der Waals surface area contributed by atoms with Crippen LogP contribution < -0.4 is 0 Å². The molecular weight excluding hydrogens is 276 g/mol. The molecule has 0 aromatic heterocycles. The first-order valence-electron chi connectivity index (χ1n) is 5.45. The van der Waals surface area contributed by atoms with E-state index in [1.165, 1.54) is 12.1 Å². The molecule has 1 saturated heterocycles. The lowest BCUT2D eigenvalue weighted by Crippen LogP contribution is -2.33. The standard InChI is InChI=1S/C12H14BrF2N/c13-10-3-5-16(6-4-10)8-9-7-11(14)1-2-12(9)15/h1-2,7,10H,3-6,8H2. The summed E-state index contributed by atoms with van der Waals surface area (Å²) < 4.78 is 26.4. The smallest absolute Gasteiger partial charge is 0.127 e. The van der Waals surface area contributed by atoms with E-state index in [4.69, 9.17) is 0 Å². The zero-order valence-corrected chi connectivity index (χ0v) is 10.5. The van der Waals surface area contributed by atoms with Crippen molar-refractivity contribution in [2.75, 3.05) is 13.1 Å². The van der Waals surface area contributed by atoms with E-state index < -0.39 is 0 Å². The number of alkyl halides is 1. The Labute approximate surface area is 103 Å². The number of halogens is 3. The van der Waals surface area contributed by atoms with Crippen LogP contribution >= 0.6 is 15.9 Å². The van der Waals surface area contributed by atoms with Crippen molar-refractivity contribution in [1.82, 2.24) is 4.90 Å². The van der Waals surface area contributed by atoms with Crippen molar-refractivity contribution < 1.29 is 8.78 Å². The summed E-state index contributed by atoms with van der Waals surface area (Å²) in [6, 6.07) is 3.64. The van der Waals surface area contributed by atoms with Gasteiger partial charge >= 0.3 is 0 Å². The van der Waals surface area contributed by atoms with E-state index in [-0.39, 0.29) is 11.6 Å². The Balaban J connectivity index is 2.00. The molecule has 1 aliphatic rings. The van der Waals surface area contributed by atoms with Gasteiger partial charge in [-0.3, -0.25) is 4.90 Å². The number of likely N-dealkylation sites (tertiary alicyclic amines) is 1. The Kier molecular flexibility index (Phi) is 3.92. The van der Waals surface area contributed by atoms with E-state index in [2.05, 4.69) is 20.8 Å². The first-order valence-corrected chi connectivity index (χ1v) is 6.37. The van der Waals surface area contributed by atoms with E-state index in [0.29, 0.717) is 16.9 Å². The molecule has 0 N–H and O–H groups in total. The quantitative estimate of drug-likeness (QED) is 0.755. The Hall–Kier alpha value is -0.480. The molecular formula is C12H14BrF2N. The second kappa shape index (κ2) is 5.23. The third-order valence-electron chi connectivity index (χ3n) is 2.92. The zero-order valence-electron chi connectivity index (χ0n) is 8.93. The molecule has 88 valence electrons. The Bertz CT molecular complexity index is 362. The fraction of sp³-hybridized carbons (Fsp3) is 0.500. The molecule has 1 nitrogen and oxygen atoms in total. The summed E-state index contributed by atoms with van der Waals surface area (Å²) in [5.41, 5.74) is 0.452. The van der Waals surface area contributed by atoms with Gasteiger partial charge in [-0.1, -0.05) is 15.9 Å². The van der Waals surface area contributed by atoms with Crippen LogP contribution in [0.5, 0.6) is 0 Å². The van der Waals surface area contributed by atoms with Crippen LogP contribution in [0, 0.1) is 11.6 Å². The average Bonchev–Trinajstić information content (AvgIpc) is 2.27. The number of hydrogen-bond acceptors (Lipinski definition) is 1. The third-order valence-corrected chi connectivity index (χ3v) is 3.83. The SMILES string of the molecule is Fc1ccc(F)c(CN2CCC(Br)CC2)c1. The Morgan fingerprint density at radius 2 is 1.94 bits per heavy atom. The van der Waals surface area contributed by atoms with E-state index in [1.54, 1.807) is 0 Å². The van der Waals surface area contributed by atoms with Gasteiger partial charge in [-0.05, 0) is 44.1 Å². The summed E-state index contributed by atoms with van der Waals surface area (Å²) in [5.74, 6) is -0.686. The fourth-order valence-corrected chi connectivity index (χ4v) is 2.37. The molecule has 1 fully saturated rings. The van der Waals surface area contributed by atoms with Crippen molar-refractivity contribution in [1.29, 1.82) is 0 Å². The fourth-order valence-electron chi connectivity index (χ4n) is 1.96. The van der Waals surface area contributed by atoms with Crippen LogP contribution in [0.2, 0.25) is 0 Å². The summed E-state index contributed by atoms with van der Waals surface area (Å²) in [7, 11) is 0. The van der Waals surface area contributed by atoms with Crippen LogP contribution in [0.3, 0.4) is 0 Å². The normalized spacial score (nSPS) is 18.9. The summed E-state index contributed by atoms with van der Waals surface area (Å²) >= 11 is 3.57. The van der Waals surface area contributed by atoms with Crippen LogP contribution in [-0.2, 0) is 6.54 Å².